The van der Waals surface area contributed by atoms with Gasteiger partial charge in [0.1, 0.15) is 0 Å². The van der Waals surface area contributed by atoms with E-state index in [4.69, 9.17) is 0 Å². The molecule has 0 aliphatic carbocycles. The van der Waals surface area contributed by atoms with Crippen LogP contribution in [0.3, 0.4) is 0 Å². The van der Waals surface area contributed by atoms with Crippen LogP contribution in [-0.4, -0.2) is 18.4 Å². The zero-order chi connectivity index (χ0) is 19.1. The van der Waals surface area contributed by atoms with Crippen LogP contribution in [-0.2, 0) is 16.1 Å². The van der Waals surface area contributed by atoms with Gasteiger partial charge in [-0.2, -0.15) is 0 Å². The summed E-state index contributed by atoms with van der Waals surface area (Å²) in [6, 6.07) is 13.6. The summed E-state index contributed by atoms with van der Waals surface area (Å²) < 4.78 is 0. The van der Waals surface area contributed by atoms with Gasteiger partial charge in [0, 0.05) is 23.8 Å². The number of amides is 2. The third-order valence-corrected chi connectivity index (χ3v) is 4.21. The lowest BCUT2D eigenvalue weighted by Gasteiger charge is -2.14. The Balaban J connectivity index is 1.90. The van der Waals surface area contributed by atoms with Gasteiger partial charge in [-0.05, 0) is 42.7 Å². The van der Waals surface area contributed by atoms with E-state index in [2.05, 4.69) is 16.0 Å². The summed E-state index contributed by atoms with van der Waals surface area (Å²) in [5, 5.41) is 8.93. The van der Waals surface area contributed by atoms with Crippen LogP contribution < -0.4 is 16.0 Å². The molecule has 2 rings (SSSR count). The molecule has 26 heavy (non-hydrogen) atoms. The molecule has 0 aliphatic rings. The highest BCUT2D eigenvalue weighted by Gasteiger charge is 2.09. The Kier molecular flexibility index (Phi) is 6.78. The summed E-state index contributed by atoms with van der Waals surface area (Å²) in [4.78, 5) is 23.9. The highest BCUT2D eigenvalue weighted by molar-refractivity contribution is 5.92. The lowest BCUT2D eigenvalue weighted by molar-refractivity contribution is -0.120. The van der Waals surface area contributed by atoms with E-state index in [9.17, 15) is 9.59 Å². The molecular formula is C21H27N3O2. The van der Waals surface area contributed by atoms with Gasteiger partial charge < -0.3 is 16.0 Å². The smallest absolute Gasteiger partial charge is 0.239 e. The van der Waals surface area contributed by atoms with Gasteiger partial charge in [-0.3, -0.25) is 9.59 Å². The molecule has 0 radical (unpaired) electrons. The SMILES string of the molecule is Cc1ccccc1CNC(=O)CNc1cc(NC(=O)C(C)C)ccc1C. The summed E-state index contributed by atoms with van der Waals surface area (Å²) in [6.45, 7) is 8.37. The summed E-state index contributed by atoms with van der Waals surface area (Å²) >= 11 is 0. The van der Waals surface area contributed by atoms with Crippen LogP contribution in [0.1, 0.15) is 30.5 Å². The Labute approximate surface area is 155 Å². The molecule has 0 unspecified atom stereocenters. The first-order chi connectivity index (χ1) is 12.4. The molecule has 0 heterocycles. The van der Waals surface area contributed by atoms with Crippen molar-refractivity contribution < 1.29 is 9.59 Å². The van der Waals surface area contributed by atoms with Crippen molar-refractivity contribution in [3.63, 3.8) is 0 Å². The van der Waals surface area contributed by atoms with Gasteiger partial charge in [-0.15, -0.1) is 0 Å². The maximum atomic E-state index is 12.1. The van der Waals surface area contributed by atoms with Gasteiger partial charge in [0.05, 0.1) is 6.54 Å². The van der Waals surface area contributed by atoms with E-state index in [0.717, 1.165) is 28.1 Å². The minimum atomic E-state index is -0.0834. The van der Waals surface area contributed by atoms with Gasteiger partial charge >= 0.3 is 0 Å². The predicted molar refractivity (Wildman–Crippen MR) is 106 cm³/mol. The molecule has 5 nitrogen and oxygen atoms in total. The first-order valence-corrected chi connectivity index (χ1v) is 8.83. The predicted octanol–water partition coefficient (Wildman–Crippen LogP) is 3.63. The number of carbonyl (C=O) groups excluding carboxylic acids is 2. The number of carbonyl (C=O) groups is 2. The van der Waals surface area contributed by atoms with E-state index in [1.54, 1.807) is 0 Å². The number of benzene rings is 2. The van der Waals surface area contributed by atoms with Crippen molar-refractivity contribution in [2.24, 2.45) is 5.92 Å². The molecule has 5 heteroatoms. The molecule has 0 atom stereocenters. The first kappa shape index (κ1) is 19.5. The molecular weight excluding hydrogens is 326 g/mol. The first-order valence-electron chi connectivity index (χ1n) is 8.83. The van der Waals surface area contributed by atoms with Crippen molar-refractivity contribution >= 4 is 23.2 Å². The molecule has 0 bridgehead atoms. The summed E-state index contributed by atoms with van der Waals surface area (Å²) in [6.07, 6.45) is 0. The van der Waals surface area contributed by atoms with E-state index in [-0.39, 0.29) is 24.3 Å². The van der Waals surface area contributed by atoms with Gasteiger partial charge in [-0.25, -0.2) is 0 Å². The Bertz CT molecular complexity index is 785. The third kappa shape index (κ3) is 5.62. The Hall–Kier alpha value is -2.82. The van der Waals surface area contributed by atoms with Crippen molar-refractivity contribution in [2.45, 2.75) is 34.2 Å². The van der Waals surface area contributed by atoms with Crippen molar-refractivity contribution in [1.82, 2.24) is 5.32 Å². The second-order valence-corrected chi connectivity index (χ2v) is 6.73. The topological polar surface area (TPSA) is 70.2 Å². The van der Waals surface area contributed by atoms with E-state index in [0.29, 0.717) is 6.54 Å². The molecule has 0 saturated carbocycles. The maximum absolute atomic E-state index is 12.1. The molecule has 2 amide bonds. The van der Waals surface area contributed by atoms with Gasteiger partial charge in [-0.1, -0.05) is 44.2 Å². The van der Waals surface area contributed by atoms with Crippen LogP contribution >= 0.6 is 0 Å². The highest BCUT2D eigenvalue weighted by atomic mass is 16.2. The van der Waals surface area contributed by atoms with E-state index >= 15 is 0 Å². The molecule has 0 spiro atoms. The average molecular weight is 353 g/mol. The van der Waals surface area contributed by atoms with Crippen LogP contribution in [0.15, 0.2) is 42.5 Å². The number of rotatable bonds is 7. The summed E-state index contributed by atoms with van der Waals surface area (Å²) in [7, 11) is 0. The second kappa shape index (κ2) is 9.04. The van der Waals surface area contributed by atoms with Crippen molar-refractivity contribution in [3.05, 3.63) is 59.2 Å². The third-order valence-electron chi connectivity index (χ3n) is 4.21. The molecule has 3 N–H and O–H groups in total. The standard InChI is InChI=1S/C21H27N3O2/c1-14(2)21(26)24-18-10-9-16(4)19(11-18)22-13-20(25)23-12-17-8-6-5-7-15(17)3/h5-11,14,22H,12-13H2,1-4H3,(H,23,25)(H,24,26). The second-order valence-electron chi connectivity index (χ2n) is 6.73. The van der Waals surface area contributed by atoms with Crippen molar-refractivity contribution in [3.8, 4) is 0 Å². The Morgan fingerprint density at radius 1 is 1.00 bits per heavy atom. The van der Waals surface area contributed by atoms with E-state index < -0.39 is 0 Å². The molecule has 0 aliphatic heterocycles. The Morgan fingerprint density at radius 3 is 2.42 bits per heavy atom. The quantitative estimate of drug-likeness (QED) is 0.712. The number of hydrogen-bond donors (Lipinski definition) is 3. The number of aryl methyl sites for hydroxylation is 2. The monoisotopic (exact) mass is 353 g/mol. The summed E-state index contributed by atoms with van der Waals surface area (Å²) in [5.41, 5.74) is 4.83. The molecule has 0 saturated heterocycles. The summed E-state index contributed by atoms with van der Waals surface area (Å²) in [5.74, 6) is -0.194. The Morgan fingerprint density at radius 2 is 1.73 bits per heavy atom. The highest BCUT2D eigenvalue weighted by Crippen LogP contribution is 2.20. The van der Waals surface area contributed by atoms with Crippen LogP contribution in [0.25, 0.3) is 0 Å². The van der Waals surface area contributed by atoms with Crippen LogP contribution in [0.4, 0.5) is 11.4 Å². The number of nitrogens with one attached hydrogen (secondary N) is 3. The normalized spacial score (nSPS) is 10.5. The molecule has 0 fully saturated rings. The minimum absolute atomic E-state index is 0.0317. The largest absolute Gasteiger partial charge is 0.376 e. The van der Waals surface area contributed by atoms with Crippen molar-refractivity contribution in [2.75, 3.05) is 17.2 Å². The average Bonchev–Trinajstić information content (AvgIpc) is 2.61. The van der Waals surface area contributed by atoms with Gasteiger partial charge in [0.2, 0.25) is 11.8 Å². The minimum Gasteiger partial charge on any atom is -0.376 e. The fraction of sp³-hybridized carbons (Fsp3) is 0.333. The van der Waals surface area contributed by atoms with Gasteiger partial charge in [0.15, 0.2) is 0 Å². The van der Waals surface area contributed by atoms with Crippen LogP contribution in [0.2, 0.25) is 0 Å². The van der Waals surface area contributed by atoms with E-state index in [1.165, 1.54) is 0 Å². The maximum Gasteiger partial charge on any atom is 0.239 e. The van der Waals surface area contributed by atoms with E-state index in [1.807, 2.05) is 70.2 Å². The fourth-order valence-electron chi connectivity index (χ4n) is 2.42. The molecule has 2 aromatic rings. The zero-order valence-corrected chi connectivity index (χ0v) is 15.8. The van der Waals surface area contributed by atoms with Crippen LogP contribution in [0, 0.1) is 19.8 Å². The number of anilines is 2. The lowest BCUT2D eigenvalue weighted by Crippen LogP contribution is -2.29. The van der Waals surface area contributed by atoms with Crippen molar-refractivity contribution in [1.29, 1.82) is 0 Å². The molecule has 138 valence electrons. The molecule has 0 aromatic heterocycles. The molecule has 2 aromatic carbocycles. The number of hydrogen-bond acceptors (Lipinski definition) is 3. The zero-order valence-electron chi connectivity index (χ0n) is 15.8. The van der Waals surface area contributed by atoms with Gasteiger partial charge in [0.25, 0.3) is 0 Å². The van der Waals surface area contributed by atoms with Crippen LogP contribution in [0.5, 0.6) is 0 Å². The lowest BCUT2D eigenvalue weighted by atomic mass is 10.1. The fourth-order valence-corrected chi connectivity index (χ4v) is 2.42.